The van der Waals surface area contributed by atoms with Crippen LogP contribution in [0.1, 0.15) is 6.92 Å². The van der Waals surface area contributed by atoms with Gasteiger partial charge in [0.15, 0.2) is 0 Å². The Bertz CT molecular complexity index is 511. The van der Waals surface area contributed by atoms with Crippen LogP contribution in [-0.2, 0) is 9.53 Å². The Morgan fingerprint density at radius 2 is 1.95 bits per heavy atom. The maximum absolute atomic E-state index is 11.3. The van der Waals surface area contributed by atoms with E-state index < -0.39 is 43.2 Å². The Morgan fingerprint density at radius 3 is 2.50 bits per heavy atom. The monoisotopic (exact) mass is 331 g/mol. The third-order valence-corrected chi connectivity index (χ3v) is 3.57. The van der Waals surface area contributed by atoms with Gasteiger partial charge in [0.2, 0.25) is 12.2 Å². The number of ether oxygens (including phenoxy) is 2. The van der Waals surface area contributed by atoms with Crippen LogP contribution in [0.2, 0.25) is 5.02 Å². The van der Waals surface area contributed by atoms with Gasteiger partial charge in [-0.05, 0) is 24.3 Å². The van der Waals surface area contributed by atoms with Crippen molar-refractivity contribution in [3.05, 3.63) is 29.3 Å². The van der Waals surface area contributed by atoms with E-state index in [2.05, 4.69) is 5.32 Å². The summed E-state index contributed by atoms with van der Waals surface area (Å²) in [5.41, 5.74) is 0. The highest BCUT2D eigenvalue weighted by atomic mass is 35.5. The molecule has 1 heterocycles. The molecular formula is C14H18ClNO6. The molecule has 1 saturated heterocycles. The first-order valence-electron chi connectivity index (χ1n) is 6.74. The number of halogens is 1. The van der Waals surface area contributed by atoms with Gasteiger partial charge in [-0.3, -0.25) is 4.79 Å². The maximum Gasteiger partial charge on any atom is 0.223 e. The number of aliphatic hydroxyl groups excluding tert-OH is 3. The Labute approximate surface area is 132 Å². The molecule has 0 saturated carbocycles. The van der Waals surface area contributed by atoms with Crippen molar-refractivity contribution in [1.29, 1.82) is 0 Å². The fourth-order valence-corrected chi connectivity index (χ4v) is 2.34. The molecule has 0 spiro atoms. The van der Waals surface area contributed by atoms with Crippen LogP contribution in [0, 0.1) is 0 Å². The van der Waals surface area contributed by atoms with Gasteiger partial charge in [-0.2, -0.15) is 0 Å². The van der Waals surface area contributed by atoms with Crippen molar-refractivity contribution in [2.75, 3.05) is 6.61 Å². The predicted octanol–water partition coefficient (Wildman–Crippen LogP) is -0.338. The molecule has 0 radical (unpaired) electrons. The van der Waals surface area contributed by atoms with E-state index in [-0.39, 0.29) is 0 Å². The molecule has 1 aliphatic heterocycles. The van der Waals surface area contributed by atoms with Crippen molar-refractivity contribution in [3.63, 3.8) is 0 Å². The lowest BCUT2D eigenvalue weighted by molar-refractivity contribution is -0.244. The summed E-state index contributed by atoms with van der Waals surface area (Å²) in [5, 5.41) is 32.2. The average molecular weight is 332 g/mol. The van der Waals surface area contributed by atoms with E-state index in [0.29, 0.717) is 10.8 Å². The van der Waals surface area contributed by atoms with Crippen molar-refractivity contribution in [2.24, 2.45) is 0 Å². The van der Waals surface area contributed by atoms with Crippen molar-refractivity contribution < 1.29 is 29.6 Å². The van der Waals surface area contributed by atoms with E-state index in [1.165, 1.54) is 6.92 Å². The van der Waals surface area contributed by atoms with Crippen LogP contribution in [0.4, 0.5) is 0 Å². The molecule has 4 N–H and O–H groups in total. The van der Waals surface area contributed by atoms with Gasteiger partial charge in [-0.25, -0.2) is 0 Å². The van der Waals surface area contributed by atoms with Gasteiger partial charge in [-0.15, -0.1) is 0 Å². The van der Waals surface area contributed by atoms with Gasteiger partial charge < -0.3 is 30.1 Å². The largest absolute Gasteiger partial charge is 0.463 e. The summed E-state index contributed by atoms with van der Waals surface area (Å²) in [6, 6.07) is 5.44. The summed E-state index contributed by atoms with van der Waals surface area (Å²) in [7, 11) is 0. The second-order valence-electron chi connectivity index (χ2n) is 5.00. The SMILES string of the molecule is CC(=O)N[C@@H]1[C@@H](Oc2ccc(Cl)cc2)O[C@@H](CO)[C@H](O)[C@H]1O. The number of benzene rings is 1. The predicted molar refractivity (Wildman–Crippen MR) is 77.4 cm³/mol. The second-order valence-corrected chi connectivity index (χ2v) is 5.44. The summed E-state index contributed by atoms with van der Waals surface area (Å²) >= 11 is 5.79. The molecule has 5 atom stereocenters. The van der Waals surface area contributed by atoms with Crippen molar-refractivity contribution in [1.82, 2.24) is 5.32 Å². The van der Waals surface area contributed by atoms with Gasteiger partial charge in [0.05, 0.1) is 6.61 Å². The van der Waals surface area contributed by atoms with Crippen molar-refractivity contribution in [2.45, 2.75) is 37.6 Å². The Balaban J connectivity index is 2.18. The van der Waals surface area contributed by atoms with Gasteiger partial charge in [0.25, 0.3) is 0 Å². The Morgan fingerprint density at radius 1 is 1.32 bits per heavy atom. The molecular weight excluding hydrogens is 314 g/mol. The Kier molecular flexibility index (Phi) is 5.60. The fraction of sp³-hybridized carbons (Fsp3) is 0.500. The number of carbonyl (C=O) groups is 1. The summed E-state index contributed by atoms with van der Waals surface area (Å²) in [6.45, 7) is 0.780. The smallest absolute Gasteiger partial charge is 0.223 e. The minimum absolute atomic E-state index is 0.407. The third-order valence-electron chi connectivity index (χ3n) is 3.32. The molecule has 2 rings (SSSR count). The molecule has 7 nitrogen and oxygen atoms in total. The minimum atomic E-state index is -1.34. The highest BCUT2D eigenvalue weighted by Gasteiger charge is 2.46. The van der Waals surface area contributed by atoms with E-state index >= 15 is 0 Å². The number of hydrogen-bond donors (Lipinski definition) is 4. The molecule has 8 heteroatoms. The lowest BCUT2D eigenvalue weighted by Crippen LogP contribution is -2.65. The molecule has 22 heavy (non-hydrogen) atoms. The third kappa shape index (κ3) is 3.88. The van der Waals surface area contributed by atoms with Gasteiger partial charge >= 0.3 is 0 Å². The van der Waals surface area contributed by atoms with Crippen LogP contribution in [0.5, 0.6) is 5.75 Å². The molecule has 0 bridgehead atoms. The summed E-state index contributed by atoms with van der Waals surface area (Å²) < 4.78 is 11.0. The normalized spacial score (nSPS) is 31.6. The summed E-state index contributed by atoms with van der Waals surface area (Å²) in [4.78, 5) is 11.3. The summed E-state index contributed by atoms with van der Waals surface area (Å²) in [5.74, 6) is -0.00274. The molecule has 1 aromatic rings. The van der Waals surface area contributed by atoms with Gasteiger partial charge in [-0.1, -0.05) is 11.6 Å². The first kappa shape index (κ1) is 17.0. The van der Waals surface area contributed by atoms with Gasteiger partial charge in [0, 0.05) is 11.9 Å². The maximum atomic E-state index is 11.3. The first-order chi connectivity index (χ1) is 10.4. The zero-order valence-electron chi connectivity index (χ0n) is 11.8. The van der Waals surface area contributed by atoms with Crippen molar-refractivity contribution >= 4 is 17.5 Å². The second kappa shape index (κ2) is 7.26. The van der Waals surface area contributed by atoms with E-state index in [1.807, 2.05) is 0 Å². The molecule has 0 aromatic heterocycles. The van der Waals surface area contributed by atoms with E-state index in [1.54, 1.807) is 24.3 Å². The molecule has 1 amide bonds. The number of amides is 1. The number of nitrogens with one attached hydrogen (secondary N) is 1. The highest BCUT2D eigenvalue weighted by Crippen LogP contribution is 2.25. The number of hydrogen-bond acceptors (Lipinski definition) is 6. The van der Waals surface area contributed by atoms with E-state index in [9.17, 15) is 20.1 Å². The van der Waals surface area contributed by atoms with Crippen LogP contribution in [0.15, 0.2) is 24.3 Å². The topological polar surface area (TPSA) is 108 Å². The highest BCUT2D eigenvalue weighted by molar-refractivity contribution is 6.30. The zero-order chi connectivity index (χ0) is 16.3. The number of aliphatic hydroxyl groups is 3. The Hall–Kier alpha value is -1.38. The van der Waals surface area contributed by atoms with Crippen LogP contribution in [0.3, 0.4) is 0 Å². The lowest BCUT2D eigenvalue weighted by Gasteiger charge is -2.42. The summed E-state index contributed by atoms with van der Waals surface area (Å²) in [6.07, 6.45) is -4.77. The van der Waals surface area contributed by atoms with Crippen LogP contribution >= 0.6 is 11.6 Å². The molecule has 0 aliphatic carbocycles. The first-order valence-corrected chi connectivity index (χ1v) is 7.12. The molecule has 122 valence electrons. The quantitative estimate of drug-likeness (QED) is 0.601. The molecule has 1 aliphatic rings. The van der Waals surface area contributed by atoms with E-state index in [0.717, 1.165) is 0 Å². The molecule has 1 aromatic carbocycles. The standard InChI is InChI=1S/C14H18ClNO6/c1-7(18)16-11-13(20)12(19)10(6-17)22-14(11)21-9-4-2-8(15)3-5-9/h2-5,10-14,17,19-20H,6H2,1H3,(H,16,18)/t10-,11-,12-,13-,14-/m0/s1. The fourth-order valence-electron chi connectivity index (χ4n) is 2.22. The van der Waals surface area contributed by atoms with Crippen LogP contribution in [-0.4, -0.2) is 58.5 Å². The number of carbonyl (C=O) groups excluding carboxylic acids is 1. The lowest BCUT2D eigenvalue weighted by atomic mass is 9.97. The number of rotatable bonds is 4. The molecule has 0 unspecified atom stereocenters. The average Bonchev–Trinajstić information content (AvgIpc) is 2.48. The molecule has 1 fully saturated rings. The van der Waals surface area contributed by atoms with Gasteiger partial charge in [0.1, 0.15) is 30.1 Å². The minimum Gasteiger partial charge on any atom is -0.463 e. The van der Waals surface area contributed by atoms with Crippen molar-refractivity contribution in [3.8, 4) is 5.75 Å². The van der Waals surface area contributed by atoms with E-state index in [4.69, 9.17) is 21.1 Å². The zero-order valence-corrected chi connectivity index (χ0v) is 12.6. The van der Waals surface area contributed by atoms with Crippen LogP contribution in [0.25, 0.3) is 0 Å². The van der Waals surface area contributed by atoms with Crippen LogP contribution < -0.4 is 10.1 Å².